The summed E-state index contributed by atoms with van der Waals surface area (Å²) in [5.41, 5.74) is 29.4. The van der Waals surface area contributed by atoms with Crippen molar-refractivity contribution in [3.63, 3.8) is 0 Å². The molecule has 1 rings (SSSR count). The molecule has 0 aromatic rings. The van der Waals surface area contributed by atoms with E-state index in [1.807, 2.05) is 0 Å². The quantitative estimate of drug-likeness (QED) is 0.0270. The Labute approximate surface area is 505 Å². The number of unbranched alkanes of at least 4 members (excludes halogenated alkanes) is 7. The molecule has 1 fully saturated rings. The van der Waals surface area contributed by atoms with Crippen LogP contribution in [-0.4, -0.2) is 199 Å². The summed E-state index contributed by atoms with van der Waals surface area (Å²) < 4.78 is 0. The van der Waals surface area contributed by atoms with Crippen LogP contribution in [-0.2, 0) is 52.7 Å². The average molecular weight is 1230 g/mol. The lowest BCUT2D eigenvalue weighted by Crippen LogP contribution is -2.62. The number of aliphatic hydroxyl groups is 2. The van der Waals surface area contributed by atoms with Gasteiger partial charge in [0.15, 0.2) is 0 Å². The normalized spacial score (nSPS) is 22.6. The van der Waals surface area contributed by atoms with Gasteiger partial charge in [0.25, 0.3) is 0 Å². The Balaban J connectivity index is 3.88. The maximum atomic E-state index is 14.5. The van der Waals surface area contributed by atoms with Crippen molar-refractivity contribution in [1.82, 2.24) is 58.5 Å². The van der Waals surface area contributed by atoms with Crippen molar-refractivity contribution in [2.75, 3.05) is 50.8 Å². The number of hydrogen-bond donors (Lipinski definition) is 18. The zero-order valence-electron chi connectivity index (χ0n) is 50.9. The second-order valence-corrected chi connectivity index (χ2v) is 23.0. The van der Waals surface area contributed by atoms with Gasteiger partial charge < -0.3 is 97.4 Å². The highest BCUT2D eigenvalue weighted by Crippen LogP contribution is 2.14. The van der Waals surface area contributed by atoms with E-state index in [4.69, 9.17) is 28.7 Å². The Morgan fingerprint density at radius 1 is 0.541 bits per heavy atom. The van der Waals surface area contributed by atoms with Crippen molar-refractivity contribution in [2.24, 2.45) is 34.6 Å². The number of nitrogens with two attached hydrogens (primary N) is 5. The molecule has 11 amide bonds. The molecule has 2 unspecified atom stereocenters. The van der Waals surface area contributed by atoms with Gasteiger partial charge >= 0.3 is 0 Å². The van der Waals surface area contributed by atoms with E-state index in [0.29, 0.717) is 12.2 Å². The van der Waals surface area contributed by atoms with Gasteiger partial charge in [0.05, 0.1) is 12.2 Å². The Hall–Kier alpha value is -5.76. The molecule has 0 aromatic heterocycles. The molecule has 29 nitrogen and oxygen atoms in total. The Kier molecular flexibility index (Phi) is 39.8. The monoisotopic (exact) mass is 1230 g/mol. The van der Waals surface area contributed by atoms with Crippen LogP contribution in [0, 0.1) is 5.92 Å². The number of rotatable bonds is 34. The van der Waals surface area contributed by atoms with Crippen molar-refractivity contribution >= 4 is 76.7 Å². The minimum absolute atomic E-state index is 0.00980. The smallest absolute Gasteiger partial charge is 0.245 e. The molecule has 12 atom stereocenters. The van der Waals surface area contributed by atoms with Crippen LogP contribution in [0.4, 0.5) is 0 Å². The van der Waals surface area contributed by atoms with Crippen LogP contribution in [0.5, 0.6) is 0 Å². The second kappa shape index (κ2) is 43.8. The zero-order chi connectivity index (χ0) is 64.0. The lowest BCUT2D eigenvalue weighted by atomic mass is 10.0. The molecule has 0 aliphatic carbocycles. The summed E-state index contributed by atoms with van der Waals surface area (Å²) in [6, 6.07) is -14.5. The summed E-state index contributed by atoms with van der Waals surface area (Å²) in [7, 11) is 0. The van der Waals surface area contributed by atoms with Crippen molar-refractivity contribution in [1.29, 1.82) is 0 Å². The molecular formula is C55H104N16O13S. The first-order chi connectivity index (χ1) is 40.4. The maximum Gasteiger partial charge on any atom is 0.245 e. The third-order valence-corrected chi connectivity index (χ3v) is 15.0. The number of carbonyl (C=O) groups excluding carboxylic acids is 11. The van der Waals surface area contributed by atoms with Crippen LogP contribution in [0.3, 0.4) is 0 Å². The first-order valence-corrected chi connectivity index (χ1v) is 31.3. The van der Waals surface area contributed by atoms with E-state index in [1.54, 1.807) is 13.8 Å². The van der Waals surface area contributed by atoms with Gasteiger partial charge in [0.1, 0.15) is 60.4 Å². The maximum absolute atomic E-state index is 14.5. The summed E-state index contributed by atoms with van der Waals surface area (Å²) in [4.78, 5) is 154. The number of carbonyl (C=O) groups is 11. The van der Waals surface area contributed by atoms with Gasteiger partial charge in [0, 0.05) is 18.7 Å². The van der Waals surface area contributed by atoms with E-state index >= 15 is 0 Å². The van der Waals surface area contributed by atoms with Crippen molar-refractivity contribution in [3.8, 4) is 0 Å². The van der Waals surface area contributed by atoms with Crippen molar-refractivity contribution in [2.45, 2.75) is 223 Å². The number of aliphatic hydroxyl groups excluding tert-OH is 2. The topological polar surface area (TPSA) is 491 Å². The lowest BCUT2D eigenvalue weighted by molar-refractivity contribution is -0.137. The van der Waals surface area contributed by atoms with Crippen molar-refractivity contribution in [3.05, 3.63) is 0 Å². The summed E-state index contributed by atoms with van der Waals surface area (Å²) in [5.74, 6) is -9.07. The molecule has 85 heavy (non-hydrogen) atoms. The van der Waals surface area contributed by atoms with E-state index in [-0.39, 0.29) is 89.3 Å². The highest BCUT2D eigenvalue weighted by Gasteiger charge is 2.37. The molecule has 0 spiro atoms. The van der Waals surface area contributed by atoms with Crippen LogP contribution in [0.2, 0.25) is 0 Å². The van der Waals surface area contributed by atoms with Crippen LogP contribution in [0.25, 0.3) is 0 Å². The molecule has 30 heteroatoms. The molecule has 0 saturated carbocycles. The molecular weight excluding hydrogens is 1120 g/mol. The van der Waals surface area contributed by atoms with Crippen LogP contribution in [0.1, 0.15) is 151 Å². The van der Waals surface area contributed by atoms with E-state index in [2.05, 4.69) is 72.3 Å². The zero-order valence-corrected chi connectivity index (χ0v) is 51.7. The van der Waals surface area contributed by atoms with Gasteiger partial charge in [0.2, 0.25) is 65.0 Å². The summed E-state index contributed by atoms with van der Waals surface area (Å²) in [5, 5.41) is 49.8. The standard InChI is InChI=1S/C55H104N16O13S/c1-7-9-11-13-14-16-43(74)62-35(17-23-56)50(79)71-45(34(6)73)55(84)67-38(20-26-59)47(76)66-40-22-28-61-54(83)44(33(5)72)70-51(80)39(21-27-60)64-46(75)36(18-24-57)65-52(81)41(30-32(3)4)68-53(82)42(31-85-29-15-12-10-8-2)69-48(77)37(19-25-58)63-49(40)78/h32-42,44-45,72-73H,7-31,56-60H2,1-6H3,(H,61,83)(H,62,74)(H,63,78)(H,64,75)(H,65,81)(H,66,76)(H,67,84)(H,68,82)(H,69,77)(H,70,80)(H,71,79)/t33?,34?,35-,36-,37-,38-,39-,40-,41-,42+,44-,45-/m0/s1. The summed E-state index contributed by atoms with van der Waals surface area (Å²) in [6.07, 6.45) is 3.98. The lowest BCUT2D eigenvalue weighted by Gasteiger charge is -2.29. The van der Waals surface area contributed by atoms with E-state index in [1.165, 1.54) is 25.6 Å². The molecule has 1 saturated heterocycles. The highest BCUT2D eigenvalue weighted by molar-refractivity contribution is 7.99. The Morgan fingerprint density at radius 3 is 1.52 bits per heavy atom. The van der Waals surface area contributed by atoms with E-state index in [9.17, 15) is 63.0 Å². The molecule has 0 bridgehead atoms. The van der Waals surface area contributed by atoms with E-state index < -0.39 is 151 Å². The fraction of sp³-hybridized carbons (Fsp3) is 0.800. The third kappa shape index (κ3) is 30.4. The Bertz CT molecular complexity index is 2100. The number of thioether (sulfide) groups is 1. The summed E-state index contributed by atoms with van der Waals surface area (Å²) >= 11 is 1.37. The fourth-order valence-corrected chi connectivity index (χ4v) is 10.0. The Morgan fingerprint density at radius 2 is 1.01 bits per heavy atom. The first-order valence-electron chi connectivity index (χ1n) is 30.2. The summed E-state index contributed by atoms with van der Waals surface area (Å²) in [6.45, 7) is 9.05. The molecule has 488 valence electrons. The van der Waals surface area contributed by atoms with Crippen molar-refractivity contribution < 1.29 is 63.0 Å². The van der Waals surface area contributed by atoms with Gasteiger partial charge in [-0.3, -0.25) is 52.7 Å². The first kappa shape index (κ1) is 77.3. The second-order valence-electron chi connectivity index (χ2n) is 21.9. The van der Waals surface area contributed by atoms with Crippen LogP contribution < -0.4 is 87.2 Å². The predicted octanol–water partition coefficient (Wildman–Crippen LogP) is -4.42. The fourth-order valence-electron chi connectivity index (χ4n) is 8.98. The number of hydrogen-bond acceptors (Lipinski definition) is 19. The van der Waals surface area contributed by atoms with E-state index in [0.717, 1.165) is 51.4 Å². The molecule has 1 aliphatic rings. The van der Waals surface area contributed by atoms with Gasteiger partial charge in [-0.2, -0.15) is 11.8 Å². The van der Waals surface area contributed by atoms with Gasteiger partial charge in [-0.25, -0.2) is 0 Å². The predicted molar refractivity (Wildman–Crippen MR) is 323 cm³/mol. The number of amides is 11. The minimum atomic E-state index is -1.69. The molecule has 0 radical (unpaired) electrons. The van der Waals surface area contributed by atoms with Gasteiger partial charge in [-0.05, 0) is 116 Å². The molecule has 1 aliphatic heterocycles. The average Bonchev–Trinajstić information content (AvgIpc) is 3.56. The number of nitrogens with one attached hydrogen (secondary N) is 11. The van der Waals surface area contributed by atoms with Gasteiger partial charge in [-0.1, -0.05) is 72.6 Å². The highest BCUT2D eigenvalue weighted by atomic mass is 32.2. The molecule has 0 aromatic carbocycles. The third-order valence-electron chi connectivity index (χ3n) is 13.9. The molecule has 23 N–H and O–H groups in total. The van der Waals surface area contributed by atoms with Gasteiger partial charge in [-0.15, -0.1) is 0 Å². The SMILES string of the molecule is CCCCCCCC(=O)N[C@@H](CCN)C(=O)N[C@H](C(=O)N[C@@H](CCN)C(=O)N[C@H]1CCNC(=O)[C@H](C(C)O)NC(=O)[C@H](CCN)NC(=O)[C@H](CCN)NC(=O)[C@H](CC(C)C)NC(=O)[C@@H](CSCCCCCC)NC(=O)[C@H](CCN)NC1=O)C(C)O. The van der Waals surface area contributed by atoms with Crippen LogP contribution in [0.15, 0.2) is 0 Å². The minimum Gasteiger partial charge on any atom is -0.391 e. The largest absolute Gasteiger partial charge is 0.391 e. The van der Waals surface area contributed by atoms with Crippen LogP contribution >= 0.6 is 11.8 Å². The molecule has 1 heterocycles.